The molecule has 3 aromatic rings. The molecule has 164 valence electrons. The first-order valence-electron chi connectivity index (χ1n) is 9.94. The predicted molar refractivity (Wildman–Crippen MR) is 124 cm³/mol. The highest BCUT2D eigenvalue weighted by Gasteiger charge is 2.15. The lowest BCUT2D eigenvalue weighted by molar-refractivity contribution is -0.139. The Labute approximate surface area is 188 Å². The standard InChI is InChI=1S/C22H27ClN3O4Si/c1-14-25-18-11-17(24)21(12-19(18)26(14)13-29-7-8-31(3)4)30-20-6-5-15(9-16(20)23)10-22(27)28-2/h5-6,9,11-12H,7-8,10,13,24H2,1-4H3/q+1. The summed E-state index contributed by atoms with van der Waals surface area (Å²) in [5.74, 6) is 1.43. The number of nitrogens with two attached hydrogens (primary N) is 1. The van der Waals surface area contributed by atoms with Gasteiger partial charge in [0.05, 0.1) is 61.0 Å². The maximum Gasteiger partial charge on any atom is 0.310 e. The minimum atomic E-state index is -0.333. The average molecular weight is 461 g/mol. The van der Waals surface area contributed by atoms with Gasteiger partial charge in [-0.05, 0) is 30.7 Å². The van der Waals surface area contributed by atoms with Crippen molar-refractivity contribution in [1.29, 1.82) is 0 Å². The van der Waals surface area contributed by atoms with Crippen molar-refractivity contribution in [2.45, 2.75) is 39.2 Å². The Morgan fingerprint density at radius 2 is 2.00 bits per heavy atom. The lowest BCUT2D eigenvalue weighted by Gasteiger charge is -2.12. The van der Waals surface area contributed by atoms with Gasteiger partial charge in [0.15, 0.2) is 5.75 Å². The molecule has 0 amide bonds. The van der Waals surface area contributed by atoms with Crippen LogP contribution in [0.3, 0.4) is 0 Å². The van der Waals surface area contributed by atoms with Crippen molar-refractivity contribution >= 4 is 43.1 Å². The Morgan fingerprint density at radius 1 is 1.23 bits per heavy atom. The van der Waals surface area contributed by atoms with Crippen LogP contribution in [0.15, 0.2) is 30.3 Å². The first-order chi connectivity index (χ1) is 14.8. The van der Waals surface area contributed by atoms with E-state index in [-0.39, 0.29) is 21.2 Å². The van der Waals surface area contributed by atoms with Crippen LogP contribution in [0.4, 0.5) is 5.69 Å². The number of anilines is 1. The number of ether oxygens (including phenoxy) is 3. The van der Waals surface area contributed by atoms with Gasteiger partial charge < -0.3 is 24.5 Å². The smallest absolute Gasteiger partial charge is 0.310 e. The number of carbonyl (C=O) groups is 1. The zero-order valence-electron chi connectivity index (χ0n) is 18.2. The molecule has 0 atom stereocenters. The van der Waals surface area contributed by atoms with Gasteiger partial charge in [0, 0.05) is 6.07 Å². The number of nitrogen functional groups attached to an aromatic ring is 1. The van der Waals surface area contributed by atoms with Crippen molar-refractivity contribution in [3.8, 4) is 11.5 Å². The topological polar surface area (TPSA) is 88.6 Å². The molecule has 0 spiro atoms. The quantitative estimate of drug-likeness (QED) is 0.213. The van der Waals surface area contributed by atoms with E-state index >= 15 is 0 Å². The summed E-state index contributed by atoms with van der Waals surface area (Å²) in [6.07, 6.45) is 0.141. The molecule has 31 heavy (non-hydrogen) atoms. The first kappa shape index (κ1) is 23.1. The second-order valence-corrected chi connectivity index (χ2v) is 10.9. The Morgan fingerprint density at radius 3 is 2.68 bits per heavy atom. The molecule has 0 aliphatic heterocycles. The summed E-state index contributed by atoms with van der Waals surface area (Å²) in [6, 6.07) is 9.90. The van der Waals surface area contributed by atoms with Gasteiger partial charge in [-0.25, -0.2) is 4.98 Å². The monoisotopic (exact) mass is 460 g/mol. The van der Waals surface area contributed by atoms with E-state index in [1.54, 1.807) is 24.3 Å². The summed E-state index contributed by atoms with van der Waals surface area (Å²) in [5, 5.41) is 0.380. The van der Waals surface area contributed by atoms with Gasteiger partial charge in [-0.15, -0.1) is 0 Å². The van der Waals surface area contributed by atoms with E-state index in [0.29, 0.717) is 28.9 Å². The van der Waals surface area contributed by atoms with Crippen molar-refractivity contribution < 1.29 is 19.0 Å². The minimum Gasteiger partial charge on any atom is -0.469 e. The summed E-state index contributed by atoms with van der Waals surface area (Å²) < 4.78 is 18.6. The number of hydrogen-bond donors (Lipinski definition) is 1. The molecule has 7 nitrogen and oxygen atoms in total. The Kier molecular flexibility index (Phi) is 7.58. The number of imidazole rings is 1. The van der Waals surface area contributed by atoms with Gasteiger partial charge in [0.25, 0.3) is 0 Å². The molecular formula is C22H27ClN3O4Si+. The molecule has 0 aliphatic rings. The highest BCUT2D eigenvalue weighted by molar-refractivity contribution is 6.55. The number of aromatic nitrogens is 2. The van der Waals surface area contributed by atoms with Gasteiger partial charge in [0.2, 0.25) is 0 Å². The number of methoxy groups -OCH3 is 1. The van der Waals surface area contributed by atoms with E-state index in [1.165, 1.54) is 7.11 Å². The van der Waals surface area contributed by atoms with Gasteiger partial charge in [-0.3, -0.25) is 4.79 Å². The predicted octanol–water partition coefficient (Wildman–Crippen LogP) is 4.82. The number of halogens is 1. The van der Waals surface area contributed by atoms with Crippen LogP contribution < -0.4 is 10.5 Å². The van der Waals surface area contributed by atoms with E-state index in [4.69, 9.17) is 26.8 Å². The lowest BCUT2D eigenvalue weighted by atomic mass is 10.1. The fourth-order valence-corrected chi connectivity index (χ4v) is 3.86. The number of rotatable bonds is 9. The van der Waals surface area contributed by atoms with E-state index in [0.717, 1.165) is 35.1 Å². The molecule has 3 rings (SSSR count). The number of fused-ring (bicyclic) bond motifs is 1. The van der Waals surface area contributed by atoms with E-state index in [2.05, 4.69) is 22.8 Å². The van der Waals surface area contributed by atoms with E-state index in [9.17, 15) is 4.79 Å². The highest BCUT2D eigenvalue weighted by Crippen LogP contribution is 2.36. The van der Waals surface area contributed by atoms with Crippen LogP contribution in [-0.4, -0.2) is 38.0 Å². The number of nitrogens with zero attached hydrogens (tertiary/aromatic N) is 2. The van der Waals surface area contributed by atoms with Crippen LogP contribution in [-0.2, 0) is 27.4 Å². The molecule has 1 aromatic heterocycles. The molecule has 9 heteroatoms. The first-order valence-corrected chi connectivity index (χ1v) is 13.0. The van der Waals surface area contributed by atoms with Crippen molar-refractivity contribution in [1.82, 2.24) is 9.55 Å². The molecule has 0 fully saturated rings. The molecule has 0 bridgehead atoms. The fourth-order valence-electron chi connectivity index (χ4n) is 3.07. The van der Waals surface area contributed by atoms with Gasteiger partial charge in [-0.2, -0.15) is 0 Å². The number of hydrogen-bond acceptors (Lipinski definition) is 6. The molecule has 0 aliphatic carbocycles. The SMILES string of the molecule is COC(=O)Cc1ccc(Oc2cc3c(cc2N)nc(C)n3COCC[Si+](C)C)c(Cl)c1. The number of aryl methyl sites for hydroxylation is 1. The Hall–Kier alpha value is -2.55. The van der Waals surface area contributed by atoms with Crippen LogP contribution in [0.5, 0.6) is 11.5 Å². The average Bonchev–Trinajstić information content (AvgIpc) is 3.01. The Bertz CT molecular complexity index is 1080. The van der Waals surface area contributed by atoms with Crippen molar-refractivity contribution in [3.05, 3.63) is 46.7 Å². The van der Waals surface area contributed by atoms with Crippen molar-refractivity contribution in [2.75, 3.05) is 19.5 Å². The lowest BCUT2D eigenvalue weighted by Crippen LogP contribution is -2.09. The maximum absolute atomic E-state index is 11.5. The summed E-state index contributed by atoms with van der Waals surface area (Å²) in [7, 11) is 1.04. The van der Waals surface area contributed by atoms with Gasteiger partial charge in [-0.1, -0.05) is 17.7 Å². The summed E-state index contributed by atoms with van der Waals surface area (Å²) >= 11 is 6.37. The van der Waals surface area contributed by atoms with Crippen LogP contribution in [0.1, 0.15) is 11.4 Å². The highest BCUT2D eigenvalue weighted by atomic mass is 35.5. The summed E-state index contributed by atoms with van der Waals surface area (Å²) in [6.45, 7) is 7.62. The van der Waals surface area contributed by atoms with Gasteiger partial charge in [0.1, 0.15) is 18.3 Å². The number of esters is 1. The molecule has 0 radical (unpaired) electrons. The van der Waals surface area contributed by atoms with E-state index < -0.39 is 0 Å². The third-order valence-electron chi connectivity index (χ3n) is 4.83. The number of carbonyl (C=O) groups excluding carboxylic acids is 1. The van der Waals surface area contributed by atoms with Crippen LogP contribution >= 0.6 is 11.6 Å². The molecule has 1 heterocycles. The molecule has 2 N–H and O–H groups in total. The second-order valence-electron chi connectivity index (χ2n) is 7.58. The van der Waals surface area contributed by atoms with Crippen LogP contribution in [0.25, 0.3) is 11.0 Å². The van der Waals surface area contributed by atoms with Crippen molar-refractivity contribution in [2.24, 2.45) is 0 Å². The van der Waals surface area contributed by atoms with E-state index in [1.807, 2.05) is 17.6 Å². The third-order valence-corrected chi connectivity index (χ3v) is 6.33. The number of benzene rings is 2. The molecule has 0 saturated carbocycles. The third kappa shape index (κ3) is 5.78. The zero-order chi connectivity index (χ0) is 22.5. The van der Waals surface area contributed by atoms with Gasteiger partial charge >= 0.3 is 14.8 Å². The second kappa shape index (κ2) is 10.2. The normalized spacial score (nSPS) is 11.0. The summed E-state index contributed by atoms with van der Waals surface area (Å²) in [5.41, 5.74) is 9.05. The maximum atomic E-state index is 11.5. The summed E-state index contributed by atoms with van der Waals surface area (Å²) in [4.78, 5) is 16.1. The minimum absolute atomic E-state index is 0.141. The van der Waals surface area contributed by atoms with Crippen LogP contribution in [0, 0.1) is 6.92 Å². The zero-order valence-corrected chi connectivity index (χ0v) is 20.0. The molecule has 0 unspecified atom stereocenters. The fraction of sp³-hybridized carbons (Fsp3) is 0.364. The van der Waals surface area contributed by atoms with Crippen LogP contribution in [0.2, 0.25) is 24.2 Å². The Balaban J connectivity index is 1.83. The molecule has 2 aromatic carbocycles. The molecule has 0 saturated heterocycles. The van der Waals surface area contributed by atoms with Crippen molar-refractivity contribution in [3.63, 3.8) is 0 Å². The largest absolute Gasteiger partial charge is 0.469 e. The molecular weight excluding hydrogens is 434 g/mol.